The van der Waals surface area contributed by atoms with Crippen LogP contribution < -0.4 is 0 Å². The van der Waals surface area contributed by atoms with Gasteiger partial charge in [-0.25, -0.2) is 0 Å². The first-order valence-electron chi connectivity index (χ1n) is 4.26. The van der Waals surface area contributed by atoms with E-state index < -0.39 is 12.8 Å². The van der Waals surface area contributed by atoms with Gasteiger partial charge in [-0.15, -0.1) is 0 Å². The van der Waals surface area contributed by atoms with Gasteiger partial charge in [0.2, 0.25) is 0 Å². The summed E-state index contributed by atoms with van der Waals surface area (Å²) in [5.74, 6) is 0. The van der Waals surface area contributed by atoms with Crippen LogP contribution in [0.4, 0.5) is 13.2 Å². The van der Waals surface area contributed by atoms with E-state index in [1.807, 2.05) is 0 Å². The van der Waals surface area contributed by atoms with Crippen LogP contribution in [0.25, 0.3) is 0 Å². The first-order valence-corrected chi connectivity index (χ1v) is 5.38. The molecule has 0 aliphatic carbocycles. The maximum Gasteiger partial charge on any atom is 0.411 e. The minimum atomic E-state index is -4.24. The molecule has 1 rings (SSSR count). The number of halogens is 4. The van der Waals surface area contributed by atoms with Crippen LogP contribution in [0, 0.1) is 5.41 Å². The lowest BCUT2D eigenvalue weighted by Gasteiger charge is -2.24. The van der Waals surface area contributed by atoms with Gasteiger partial charge in [0, 0.05) is 17.4 Å². The molecule has 2 nitrogen and oxygen atoms in total. The van der Waals surface area contributed by atoms with Crippen LogP contribution in [0.3, 0.4) is 0 Å². The molecule has 0 aromatic carbocycles. The number of rotatable bonds is 4. The van der Waals surface area contributed by atoms with Crippen LogP contribution in [0.2, 0.25) is 0 Å². The predicted octanol–water partition coefficient (Wildman–Crippen LogP) is 2.37. The number of hydrogen-bond acceptors (Lipinski definition) is 2. The molecule has 1 atom stereocenters. The van der Waals surface area contributed by atoms with Gasteiger partial charge in [-0.3, -0.25) is 0 Å². The van der Waals surface area contributed by atoms with Crippen molar-refractivity contribution in [1.82, 2.24) is 0 Å². The van der Waals surface area contributed by atoms with Gasteiger partial charge in [0.15, 0.2) is 0 Å². The largest absolute Gasteiger partial charge is 0.411 e. The molecule has 1 aliphatic rings. The Morgan fingerprint density at radius 1 is 1.43 bits per heavy atom. The third-order valence-electron chi connectivity index (χ3n) is 2.14. The zero-order valence-corrected chi connectivity index (χ0v) is 9.16. The average molecular weight is 277 g/mol. The van der Waals surface area contributed by atoms with Gasteiger partial charge in [0.25, 0.3) is 0 Å². The molecule has 84 valence electrons. The van der Waals surface area contributed by atoms with Crippen LogP contribution in [-0.2, 0) is 9.47 Å². The van der Waals surface area contributed by atoms with Gasteiger partial charge in [0.05, 0.1) is 13.2 Å². The Kier molecular flexibility index (Phi) is 4.21. The van der Waals surface area contributed by atoms with Crippen LogP contribution in [-0.4, -0.2) is 37.9 Å². The molecular formula is C8H12BrF3O2. The smallest absolute Gasteiger partial charge is 0.381 e. The highest BCUT2D eigenvalue weighted by atomic mass is 79.9. The summed E-state index contributed by atoms with van der Waals surface area (Å²) >= 11 is 3.27. The molecule has 0 aromatic heterocycles. The van der Waals surface area contributed by atoms with E-state index in [2.05, 4.69) is 20.7 Å². The van der Waals surface area contributed by atoms with Crippen LogP contribution in [0.5, 0.6) is 0 Å². The van der Waals surface area contributed by atoms with Crippen molar-refractivity contribution in [2.45, 2.75) is 12.6 Å². The summed E-state index contributed by atoms with van der Waals surface area (Å²) in [6.07, 6.45) is -3.50. The fourth-order valence-corrected chi connectivity index (χ4v) is 1.89. The second kappa shape index (κ2) is 4.81. The standard InChI is InChI=1S/C8H12BrF3O2/c9-3-7(1-2-13-4-7)5-14-6-8(10,11)12/h1-6H2. The molecule has 6 heteroatoms. The second-order valence-electron chi connectivity index (χ2n) is 3.54. The Bertz CT molecular complexity index is 178. The third kappa shape index (κ3) is 3.74. The van der Waals surface area contributed by atoms with Crippen molar-refractivity contribution < 1.29 is 22.6 Å². The number of ether oxygens (including phenoxy) is 2. The van der Waals surface area contributed by atoms with E-state index in [9.17, 15) is 13.2 Å². The van der Waals surface area contributed by atoms with Gasteiger partial charge in [-0.1, -0.05) is 15.9 Å². The lowest BCUT2D eigenvalue weighted by molar-refractivity contribution is -0.179. The Labute approximate surface area is 88.9 Å². The normalized spacial score (nSPS) is 28.3. The minimum absolute atomic E-state index is 0.0950. The molecule has 0 aromatic rings. The van der Waals surface area contributed by atoms with E-state index >= 15 is 0 Å². The predicted molar refractivity (Wildman–Crippen MR) is 48.5 cm³/mol. The van der Waals surface area contributed by atoms with Crippen LogP contribution in [0.15, 0.2) is 0 Å². The summed E-state index contributed by atoms with van der Waals surface area (Å²) in [5.41, 5.74) is -0.273. The number of hydrogen-bond donors (Lipinski definition) is 0. The van der Waals surface area contributed by atoms with E-state index in [-0.39, 0.29) is 12.0 Å². The first kappa shape index (κ1) is 12.3. The van der Waals surface area contributed by atoms with Crippen LogP contribution >= 0.6 is 15.9 Å². The molecule has 1 saturated heterocycles. The van der Waals surface area contributed by atoms with Gasteiger partial charge in [-0.2, -0.15) is 13.2 Å². The SMILES string of the molecule is FC(F)(F)COCC1(CBr)CCOC1. The van der Waals surface area contributed by atoms with Gasteiger partial charge < -0.3 is 9.47 Å². The highest BCUT2D eigenvalue weighted by Crippen LogP contribution is 2.31. The summed E-state index contributed by atoms with van der Waals surface area (Å²) in [4.78, 5) is 0. The van der Waals surface area contributed by atoms with E-state index in [0.717, 1.165) is 6.42 Å². The molecule has 0 radical (unpaired) electrons. The molecular weight excluding hydrogens is 265 g/mol. The Morgan fingerprint density at radius 2 is 2.14 bits per heavy atom. The van der Waals surface area contributed by atoms with Crippen molar-refractivity contribution in [2.75, 3.05) is 31.8 Å². The van der Waals surface area contributed by atoms with Gasteiger partial charge in [-0.05, 0) is 6.42 Å². The molecule has 0 spiro atoms. The molecule has 1 aliphatic heterocycles. The monoisotopic (exact) mass is 276 g/mol. The molecule has 0 amide bonds. The van der Waals surface area contributed by atoms with Crippen molar-refractivity contribution >= 4 is 15.9 Å². The Hall–Kier alpha value is 0.190. The summed E-state index contributed by atoms with van der Waals surface area (Å²) < 4.78 is 45.2. The van der Waals surface area contributed by atoms with Gasteiger partial charge >= 0.3 is 6.18 Å². The highest BCUT2D eigenvalue weighted by molar-refractivity contribution is 9.09. The second-order valence-corrected chi connectivity index (χ2v) is 4.10. The summed E-state index contributed by atoms with van der Waals surface area (Å²) in [6, 6.07) is 0. The summed E-state index contributed by atoms with van der Waals surface area (Å²) in [7, 11) is 0. The summed E-state index contributed by atoms with van der Waals surface area (Å²) in [5, 5.41) is 0.609. The molecule has 0 N–H and O–H groups in total. The molecule has 0 saturated carbocycles. The fourth-order valence-electron chi connectivity index (χ4n) is 1.29. The fraction of sp³-hybridized carbons (Fsp3) is 1.00. The van der Waals surface area contributed by atoms with Crippen molar-refractivity contribution in [3.63, 3.8) is 0 Å². The molecule has 14 heavy (non-hydrogen) atoms. The van der Waals surface area contributed by atoms with E-state index in [4.69, 9.17) is 4.74 Å². The topological polar surface area (TPSA) is 18.5 Å². The zero-order valence-electron chi connectivity index (χ0n) is 7.57. The maximum atomic E-state index is 11.8. The minimum Gasteiger partial charge on any atom is -0.381 e. The summed E-state index contributed by atoms with van der Waals surface area (Å²) in [6.45, 7) is -0.0173. The molecule has 0 bridgehead atoms. The lowest BCUT2D eigenvalue weighted by atomic mass is 9.91. The van der Waals surface area contributed by atoms with Crippen molar-refractivity contribution in [3.05, 3.63) is 0 Å². The third-order valence-corrected chi connectivity index (χ3v) is 3.33. The van der Waals surface area contributed by atoms with Crippen molar-refractivity contribution in [1.29, 1.82) is 0 Å². The lowest BCUT2D eigenvalue weighted by Crippen LogP contribution is -2.31. The quantitative estimate of drug-likeness (QED) is 0.734. The highest BCUT2D eigenvalue weighted by Gasteiger charge is 2.36. The molecule has 1 fully saturated rings. The van der Waals surface area contributed by atoms with Gasteiger partial charge in [0.1, 0.15) is 6.61 Å². The average Bonchev–Trinajstić information content (AvgIpc) is 2.52. The number of alkyl halides is 4. The Balaban J connectivity index is 2.28. The van der Waals surface area contributed by atoms with E-state index in [0.29, 0.717) is 18.5 Å². The molecule has 1 unspecified atom stereocenters. The van der Waals surface area contributed by atoms with Crippen molar-refractivity contribution in [2.24, 2.45) is 5.41 Å². The van der Waals surface area contributed by atoms with E-state index in [1.54, 1.807) is 0 Å². The first-order chi connectivity index (χ1) is 6.47. The Morgan fingerprint density at radius 3 is 2.57 bits per heavy atom. The zero-order chi connectivity index (χ0) is 10.7. The van der Waals surface area contributed by atoms with Crippen LogP contribution in [0.1, 0.15) is 6.42 Å². The molecule has 1 heterocycles. The maximum absolute atomic E-state index is 11.8. The van der Waals surface area contributed by atoms with Crippen molar-refractivity contribution in [3.8, 4) is 0 Å². The van der Waals surface area contributed by atoms with E-state index in [1.165, 1.54) is 0 Å².